The molecule has 0 radical (unpaired) electrons. The van der Waals surface area contributed by atoms with Crippen LogP contribution in [0.1, 0.15) is 66.4 Å². The van der Waals surface area contributed by atoms with Crippen molar-refractivity contribution in [3.05, 3.63) is 72.3 Å². The molecule has 0 unspecified atom stereocenters. The van der Waals surface area contributed by atoms with Crippen molar-refractivity contribution in [1.29, 1.82) is 0 Å². The standard InChI is InChI=1S/C34H45N3O2/c1-7-10-22-37-32-25-29(38-23-12-21-36(8-2)9-3)19-20-31(32)35-33(37)26-13-11-14-30(24-26)39-28-17-15-27(16-18-28)34(4,5)6/h11,13-20,24-25H,7-10,12,21-23H2,1-6H3. The van der Waals surface area contributed by atoms with E-state index in [1.165, 1.54) is 5.56 Å². The molecule has 0 aliphatic carbocycles. The Balaban J connectivity index is 1.56. The summed E-state index contributed by atoms with van der Waals surface area (Å²) in [4.78, 5) is 7.48. The number of rotatable bonds is 13. The number of hydrogen-bond donors (Lipinski definition) is 0. The minimum Gasteiger partial charge on any atom is -0.493 e. The van der Waals surface area contributed by atoms with E-state index in [2.05, 4.69) is 87.4 Å². The van der Waals surface area contributed by atoms with E-state index in [9.17, 15) is 0 Å². The van der Waals surface area contributed by atoms with Gasteiger partial charge in [0.15, 0.2) is 0 Å². The molecule has 4 aromatic rings. The van der Waals surface area contributed by atoms with Crippen LogP contribution < -0.4 is 9.47 Å². The lowest BCUT2D eigenvalue weighted by atomic mass is 9.87. The van der Waals surface area contributed by atoms with Crippen molar-refractivity contribution in [2.75, 3.05) is 26.2 Å². The van der Waals surface area contributed by atoms with Gasteiger partial charge >= 0.3 is 0 Å². The van der Waals surface area contributed by atoms with Crippen LogP contribution in [0.15, 0.2) is 66.7 Å². The number of aryl methyl sites for hydroxylation is 1. The zero-order valence-electron chi connectivity index (χ0n) is 24.7. The molecule has 0 aliphatic heterocycles. The van der Waals surface area contributed by atoms with Crippen molar-refractivity contribution in [2.45, 2.75) is 72.8 Å². The summed E-state index contributed by atoms with van der Waals surface area (Å²) >= 11 is 0. The SMILES string of the molecule is CCCCn1c(-c2cccc(Oc3ccc(C(C)(C)C)cc3)c2)nc2ccc(OCCCN(CC)CC)cc21. The second-order valence-corrected chi connectivity index (χ2v) is 11.2. The van der Waals surface area contributed by atoms with Crippen LogP contribution in [-0.2, 0) is 12.0 Å². The molecule has 1 aromatic heterocycles. The van der Waals surface area contributed by atoms with Crippen LogP contribution in [0.2, 0.25) is 0 Å². The average molecular weight is 528 g/mol. The van der Waals surface area contributed by atoms with E-state index in [1.54, 1.807) is 0 Å². The number of benzene rings is 3. The average Bonchev–Trinajstić information content (AvgIpc) is 3.29. The zero-order valence-corrected chi connectivity index (χ0v) is 24.7. The van der Waals surface area contributed by atoms with Gasteiger partial charge in [0.2, 0.25) is 0 Å². The minimum atomic E-state index is 0.117. The molecule has 208 valence electrons. The van der Waals surface area contributed by atoms with E-state index in [0.29, 0.717) is 6.61 Å². The monoisotopic (exact) mass is 527 g/mol. The van der Waals surface area contributed by atoms with E-state index in [4.69, 9.17) is 14.5 Å². The Morgan fingerprint density at radius 1 is 0.821 bits per heavy atom. The summed E-state index contributed by atoms with van der Waals surface area (Å²) in [6, 6.07) is 22.9. The van der Waals surface area contributed by atoms with E-state index >= 15 is 0 Å². The predicted octanol–water partition coefficient (Wildman–Crippen LogP) is 8.70. The van der Waals surface area contributed by atoms with E-state index in [1.807, 2.05) is 30.3 Å². The highest BCUT2D eigenvalue weighted by Gasteiger charge is 2.16. The first-order chi connectivity index (χ1) is 18.8. The van der Waals surface area contributed by atoms with Crippen molar-refractivity contribution in [1.82, 2.24) is 14.5 Å². The Morgan fingerprint density at radius 3 is 2.26 bits per heavy atom. The summed E-state index contributed by atoms with van der Waals surface area (Å²) in [6.45, 7) is 18.2. The number of imidazole rings is 1. The topological polar surface area (TPSA) is 39.5 Å². The smallest absolute Gasteiger partial charge is 0.141 e. The summed E-state index contributed by atoms with van der Waals surface area (Å²) in [5.41, 5.74) is 4.56. The van der Waals surface area contributed by atoms with Crippen molar-refractivity contribution >= 4 is 11.0 Å². The van der Waals surface area contributed by atoms with Gasteiger partial charge in [0, 0.05) is 24.7 Å². The lowest BCUT2D eigenvalue weighted by molar-refractivity contribution is 0.249. The number of aromatic nitrogens is 2. The van der Waals surface area contributed by atoms with Gasteiger partial charge in [0.1, 0.15) is 23.1 Å². The van der Waals surface area contributed by atoms with Gasteiger partial charge in [-0.3, -0.25) is 0 Å². The minimum absolute atomic E-state index is 0.117. The fourth-order valence-corrected chi connectivity index (χ4v) is 4.83. The maximum Gasteiger partial charge on any atom is 0.141 e. The Hall–Kier alpha value is -3.31. The number of nitrogens with zero attached hydrogens (tertiary/aromatic N) is 3. The Labute approximate surface area is 234 Å². The predicted molar refractivity (Wildman–Crippen MR) is 163 cm³/mol. The highest BCUT2D eigenvalue weighted by Crippen LogP contribution is 2.32. The fourth-order valence-electron chi connectivity index (χ4n) is 4.83. The second-order valence-electron chi connectivity index (χ2n) is 11.2. The van der Waals surface area contributed by atoms with Crippen molar-refractivity contribution in [3.63, 3.8) is 0 Å². The van der Waals surface area contributed by atoms with E-state index in [0.717, 1.165) is 85.1 Å². The second kappa shape index (κ2) is 13.2. The molecule has 1 heterocycles. The first kappa shape index (κ1) is 28.7. The molecule has 0 spiro atoms. The number of ether oxygens (including phenoxy) is 2. The van der Waals surface area contributed by atoms with Gasteiger partial charge < -0.3 is 18.9 Å². The number of unbranched alkanes of at least 4 members (excludes halogenated alkanes) is 1. The normalized spacial score (nSPS) is 11.9. The molecule has 5 nitrogen and oxygen atoms in total. The largest absolute Gasteiger partial charge is 0.493 e. The van der Waals surface area contributed by atoms with Gasteiger partial charge in [-0.1, -0.05) is 72.2 Å². The molecule has 39 heavy (non-hydrogen) atoms. The molecule has 0 amide bonds. The molecule has 4 rings (SSSR count). The number of hydrogen-bond acceptors (Lipinski definition) is 4. The van der Waals surface area contributed by atoms with Crippen LogP contribution in [-0.4, -0.2) is 40.7 Å². The summed E-state index contributed by atoms with van der Waals surface area (Å²) in [5, 5.41) is 0. The van der Waals surface area contributed by atoms with Crippen molar-refractivity contribution in [2.24, 2.45) is 0 Å². The van der Waals surface area contributed by atoms with E-state index < -0.39 is 0 Å². The lowest BCUT2D eigenvalue weighted by Crippen LogP contribution is -2.25. The quantitative estimate of drug-likeness (QED) is 0.163. The molecule has 0 saturated carbocycles. The summed E-state index contributed by atoms with van der Waals surface area (Å²) < 4.78 is 14.7. The Morgan fingerprint density at radius 2 is 1.56 bits per heavy atom. The van der Waals surface area contributed by atoms with Crippen molar-refractivity contribution < 1.29 is 9.47 Å². The van der Waals surface area contributed by atoms with Gasteiger partial charge in [-0.15, -0.1) is 0 Å². The van der Waals surface area contributed by atoms with Crippen LogP contribution in [0.5, 0.6) is 17.2 Å². The Bertz CT molecular complexity index is 1330. The van der Waals surface area contributed by atoms with Crippen LogP contribution in [0.25, 0.3) is 22.4 Å². The molecular formula is C34H45N3O2. The molecular weight excluding hydrogens is 482 g/mol. The Kier molecular flexibility index (Phi) is 9.68. The third-order valence-electron chi connectivity index (χ3n) is 7.29. The highest BCUT2D eigenvalue weighted by atomic mass is 16.5. The molecule has 3 aromatic carbocycles. The molecule has 0 atom stereocenters. The first-order valence-corrected chi connectivity index (χ1v) is 14.6. The summed E-state index contributed by atoms with van der Waals surface area (Å²) in [5.74, 6) is 3.51. The maximum atomic E-state index is 6.25. The third-order valence-corrected chi connectivity index (χ3v) is 7.29. The molecule has 5 heteroatoms. The summed E-state index contributed by atoms with van der Waals surface area (Å²) in [7, 11) is 0. The van der Waals surface area contributed by atoms with E-state index in [-0.39, 0.29) is 5.41 Å². The fraction of sp³-hybridized carbons (Fsp3) is 0.441. The molecule has 0 bridgehead atoms. The zero-order chi connectivity index (χ0) is 27.8. The molecule has 0 saturated heterocycles. The van der Waals surface area contributed by atoms with Gasteiger partial charge in [0.25, 0.3) is 0 Å². The first-order valence-electron chi connectivity index (χ1n) is 14.6. The van der Waals surface area contributed by atoms with Crippen LogP contribution in [0.4, 0.5) is 0 Å². The molecule has 0 N–H and O–H groups in total. The molecule has 0 fully saturated rings. The van der Waals surface area contributed by atoms with Crippen LogP contribution in [0.3, 0.4) is 0 Å². The lowest BCUT2D eigenvalue weighted by Gasteiger charge is -2.19. The number of fused-ring (bicyclic) bond motifs is 1. The third kappa shape index (κ3) is 7.42. The summed E-state index contributed by atoms with van der Waals surface area (Å²) in [6.07, 6.45) is 3.23. The van der Waals surface area contributed by atoms with Gasteiger partial charge in [0.05, 0.1) is 17.6 Å². The van der Waals surface area contributed by atoms with Gasteiger partial charge in [-0.05, 0) is 73.3 Å². The highest BCUT2D eigenvalue weighted by molar-refractivity contribution is 5.82. The molecule has 0 aliphatic rings. The van der Waals surface area contributed by atoms with Gasteiger partial charge in [-0.25, -0.2) is 4.98 Å². The van der Waals surface area contributed by atoms with Crippen molar-refractivity contribution in [3.8, 4) is 28.6 Å². The van der Waals surface area contributed by atoms with Crippen LogP contribution in [0, 0.1) is 0 Å². The van der Waals surface area contributed by atoms with Crippen LogP contribution >= 0.6 is 0 Å². The van der Waals surface area contributed by atoms with Gasteiger partial charge in [-0.2, -0.15) is 0 Å². The maximum absolute atomic E-state index is 6.25.